The molecule has 0 spiro atoms. The van der Waals surface area contributed by atoms with Gasteiger partial charge in [-0.15, -0.1) is 0 Å². The minimum atomic E-state index is -0.176. The van der Waals surface area contributed by atoms with E-state index in [2.05, 4.69) is 5.32 Å². The second-order valence-corrected chi connectivity index (χ2v) is 4.49. The van der Waals surface area contributed by atoms with Crippen LogP contribution in [0.25, 0.3) is 0 Å². The second-order valence-electron chi connectivity index (χ2n) is 4.49. The zero-order chi connectivity index (χ0) is 13.0. The van der Waals surface area contributed by atoms with Crippen LogP contribution in [-0.4, -0.2) is 30.3 Å². The Morgan fingerprint density at radius 1 is 1.17 bits per heavy atom. The average Bonchev–Trinajstić information content (AvgIpc) is 2.63. The number of hydrogen-bond acceptors (Lipinski definition) is 3. The number of nitrogens with one attached hydrogen (secondary N) is 1. The Morgan fingerprint density at radius 3 is 2.56 bits per heavy atom. The van der Waals surface area contributed by atoms with E-state index in [1.54, 1.807) is 12.1 Å². The molecule has 0 bridgehead atoms. The largest absolute Gasteiger partial charge is 0.388 e. The minimum Gasteiger partial charge on any atom is -0.388 e. The molecule has 4 nitrogen and oxygen atoms in total. The summed E-state index contributed by atoms with van der Waals surface area (Å²) in [6.45, 7) is 0.547. The van der Waals surface area contributed by atoms with Crippen LogP contribution in [0, 0.1) is 0 Å². The number of nitrogens with zero attached hydrogens (tertiary/aromatic N) is 1. The van der Waals surface area contributed by atoms with E-state index >= 15 is 0 Å². The fourth-order valence-electron chi connectivity index (χ4n) is 2.13. The summed E-state index contributed by atoms with van der Waals surface area (Å²) >= 11 is 0. The van der Waals surface area contributed by atoms with Crippen LogP contribution in [0.2, 0.25) is 0 Å². The third-order valence-corrected chi connectivity index (χ3v) is 3.24. The first kappa shape index (κ1) is 12.6. The molecule has 1 aliphatic rings. The first-order valence-electron chi connectivity index (χ1n) is 6.35. The summed E-state index contributed by atoms with van der Waals surface area (Å²) < 4.78 is 0. The molecular weight excluding hydrogens is 228 g/mol. The van der Waals surface area contributed by atoms with E-state index in [-0.39, 0.29) is 11.8 Å². The predicted molar refractivity (Wildman–Crippen MR) is 70.5 cm³/mol. The summed E-state index contributed by atoms with van der Waals surface area (Å²) in [6, 6.07) is 7.20. The van der Waals surface area contributed by atoms with Crippen molar-refractivity contribution >= 4 is 17.5 Å². The van der Waals surface area contributed by atoms with Crippen LogP contribution in [0.3, 0.4) is 0 Å². The molecule has 1 heterocycles. The molecule has 0 aromatic heterocycles. The molecule has 0 radical (unpaired) electrons. The lowest BCUT2D eigenvalue weighted by Gasteiger charge is -2.18. The molecule has 96 valence electrons. The van der Waals surface area contributed by atoms with E-state index in [0.29, 0.717) is 18.5 Å². The Kier molecular flexibility index (Phi) is 3.97. The van der Waals surface area contributed by atoms with Crippen molar-refractivity contribution in [3.8, 4) is 0 Å². The third-order valence-electron chi connectivity index (χ3n) is 3.24. The van der Waals surface area contributed by atoms with Crippen molar-refractivity contribution < 1.29 is 9.59 Å². The molecule has 2 rings (SSSR count). The van der Waals surface area contributed by atoms with Crippen LogP contribution in [-0.2, 0) is 4.79 Å². The fraction of sp³-hybridized carbons (Fsp3) is 0.429. The molecule has 0 aliphatic carbocycles. The minimum absolute atomic E-state index is 0.0461. The molecule has 1 aromatic carbocycles. The van der Waals surface area contributed by atoms with Gasteiger partial charge < -0.3 is 5.32 Å². The van der Waals surface area contributed by atoms with Crippen molar-refractivity contribution in [3.63, 3.8) is 0 Å². The molecule has 1 N–H and O–H groups in total. The van der Waals surface area contributed by atoms with Crippen molar-refractivity contribution in [3.05, 3.63) is 29.8 Å². The van der Waals surface area contributed by atoms with Crippen molar-refractivity contribution in [2.24, 2.45) is 0 Å². The molecule has 0 saturated carbocycles. The molecule has 1 fully saturated rings. The highest BCUT2D eigenvalue weighted by Gasteiger charge is 2.23. The van der Waals surface area contributed by atoms with Gasteiger partial charge in [-0.1, -0.05) is 6.42 Å². The molecular formula is C14H18N2O2. The van der Waals surface area contributed by atoms with Crippen molar-refractivity contribution in [2.45, 2.75) is 25.7 Å². The maximum atomic E-state index is 12.2. The summed E-state index contributed by atoms with van der Waals surface area (Å²) in [7, 11) is 1.83. The molecule has 18 heavy (non-hydrogen) atoms. The Morgan fingerprint density at radius 2 is 1.89 bits per heavy atom. The lowest BCUT2D eigenvalue weighted by molar-refractivity contribution is -0.128. The number of hydrogen-bond donors (Lipinski definition) is 1. The topological polar surface area (TPSA) is 49.4 Å². The van der Waals surface area contributed by atoms with Crippen LogP contribution in [0.4, 0.5) is 5.69 Å². The van der Waals surface area contributed by atoms with Crippen LogP contribution in [0.15, 0.2) is 24.3 Å². The SMILES string of the molecule is CNc1ccc(C(=O)N2CCCCCC2=O)cc1. The van der Waals surface area contributed by atoms with Crippen LogP contribution >= 0.6 is 0 Å². The van der Waals surface area contributed by atoms with Gasteiger partial charge >= 0.3 is 0 Å². The molecule has 1 aromatic rings. The van der Waals surface area contributed by atoms with Crippen LogP contribution in [0.5, 0.6) is 0 Å². The van der Waals surface area contributed by atoms with Gasteiger partial charge in [0.25, 0.3) is 5.91 Å². The van der Waals surface area contributed by atoms with E-state index in [1.165, 1.54) is 4.90 Å². The lowest BCUT2D eigenvalue weighted by atomic mass is 10.1. The van der Waals surface area contributed by atoms with Gasteiger partial charge in [0.2, 0.25) is 5.91 Å². The zero-order valence-corrected chi connectivity index (χ0v) is 10.6. The maximum Gasteiger partial charge on any atom is 0.260 e. The van der Waals surface area contributed by atoms with Gasteiger partial charge in [-0.2, -0.15) is 0 Å². The van der Waals surface area contributed by atoms with Gasteiger partial charge in [0.15, 0.2) is 0 Å². The summed E-state index contributed by atoms with van der Waals surface area (Å²) in [6.07, 6.45) is 3.31. The van der Waals surface area contributed by atoms with Gasteiger partial charge in [0, 0.05) is 31.3 Å². The lowest BCUT2D eigenvalue weighted by Crippen LogP contribution is -2.36. The first-order valence-corrected chi connectivity index (χ1v) is 6.35. The first-order chi connectivity index (χ1) is 8.72. The number of rotatable bonds is 2. The Labute approximate surface area is 107 Å². The van der Waals surface area contributed by atoms with E-state index < -0.39 is 0 Å². The van der Waals surface area contributed by atoms with Gasteiger partial charge in [0.1, 0.15) is 0 Å². The van der Waals surface area contributed by atoms with Gasteiger partial charge in [-0.25, -0.2) is 0 Å². The van der Waals surface area contributed by atoms with Gasteiger partial charge in [0.05, 0.1) is 0 Å². The Balaban J connectivity index is 2.15. The molecule has 1 saturated heterocycles. The molecule has 1 aliphatic heterocycles. The van der Waals surface area contributed by atoms with E-state index in [4.69, 9.17) is 0 Å². The summed E-state index contributed by atoms with van der Waals surface area (Å²) in [5, 5.41) is 3.00. The highest BCUT2D eigenvalue weighted by Crippen LogP contribution is 2.16. The quantitative estimate of drug-likeness (QED) is 0.814. The van der Waals surface area contributed by atoms with Gasteiger partial charge in [-0.05, 0) is 37.1 Å². The number of carbonyl (C=O) groups is 2. The number of amides is 2. The van der Waals surface area contributed by atoms with E-state index in [1.807, 2.05) is 19.2 Å². The Bertz CT molecular complexity index is 440. The summed E-state index contributed by atoms with van der Waals surface area (Å²) in [4.78, 5) is 25.5. The van der Waals surface area contributed by atoms with Crippen molar-refractivity contribution in [1.29, 1.82) is 0 Å². The predicted octanol–water partition coefficient (Wildman–Crippen LogP) is 2.27. The standard InChI is InChI=1S/C14H18N2O2/c1-15-12-8-6-11(7-9-12)14(18)16-10-4-2-3-5-13(16)17/h6-9,15H,2-5,10H2,1H3. The summed E-state index contributed by atoms with van der Waals surface area (Å²) in [5.41, 5.74) is 1.53. The number of anilines is 1. The van der Waals surface area contributed by atoms with Crippen LogP contribution < -0.4 is 5.32 Å². The number of likely N-dealkylation sites (tertiary alicyclic amines) is 1. The number of carbonyl (C=O) groups excluding carboxylic acids is 2. The second kappa shape index (κ2) is 5.67. The summed E-state index contributed by atoms with van der Waals surface area (Å²) in [5.74, 6) is -0.222. The fourth-order valence-corrected chi connectivity index (χ4v) is 2.13. The highest BCUT2D eigenvalue weighted by atomic mass is 16.2. The number of imide groups is 1. The smallest absolute Gasteiger partial charge is 0.260 e. The number of benzene rings is 1. The van der Waals surface area contributed by atoms with Crippen LogP contribution in [0.1, 0.15) is 36.0 Å². The average molecular weight is 246 g/mol. The van der Waals surface area contributed by atoms with Crippen molar-refractivity contribution in [2.75, 3.05) is 18.9 Å². The monoisotopic (exact) mass is 246 g/mol. The zero-order valence-electron chi connectivity index (χ0n) is 10.6. The van der Waals surface area contributed by atoms with E-state index in [0.717, 1.165) is 24.9 Å². The normalized spacial score (nSPS) is 16.3. The highest BCUT2D eigenvalue weighted by molar-refractivity contribution is 6.04. The van der Waals surface area contributed by atoms with E-state index in [9.17, 15) is 9.59 Å². The molecule has 4 heteroatoms. The third kappa shape index (κ3) is 2.70. The van der Waals surface area contributed by atoms with Crippen molar-refractivity contribution in [1.82, 2.24) is 4.90 Å². The molecule has 0 unspecified atom stereocenters. The Hall–Kier alpha value is -1.84. The molecule has 0 atom stereocenters. The maximum absolute atomic E-state index is 12.2. The van der Waals surface area contributed by atoms with Gasteiger partial charge in [-0.3, -0.25) is 14.5 Å². The molecule has 2 amide bonds.